The number of hydrogen-bond acceptors (Lipinski definition) is 4. The zero-order valence-corrected chi connectivity index (χ0v) is 15.1. The Hall–Kier alpha value is -1.30. The zero-order chi connectivity index (χ0) is 17.2. The summed E-state index contributed by atoms with van der Waals surface area (Å²) in [5.74, 6) is 1.63. The first kappa shape index (κ1) is 19.0. The number of ether oxygens (including phenoxy) is 1. The summed E-state index contributed by atoms with van der Waals surface area (Å²) in [6.45, 7) is 4.57. The average molecular weight is 354 g/mol. The number of likely N-dealkylation sites (tertiary alicyclic amines) is 1. The van der Waals surface area contributed by atoms with Crippen LogP contribution in [0.5, 0.6) is 5.75 Å². The Morgan fingerprint density at radius 3 is 2.62 bits per heavy atom. The molecular formula is C18H28ClN3O2. The SMILES string of the molecule is CNCCC1CCN(CC(=O)NCCOc2ccc(Cl)cc2)CC1. The molecule has 1 aliphatic heterocycles. The summed E-state index contributed by atoms with van der Waals surface area (Å²) in [5.41, 5.74) is 0. The average Bonchev–Trinajstić information content (AvgIpc) is 2.60. The normalized spacial score (nSPS) is 16.1. The maximum absolute atomic E-state index is 12.0. The molecule has 1 aromatic carbocycles. The van der Waals surface area contributed by atoms with Gasteiger partial charge in [0.2, 0.25) is 5.91 Å². The van der Waals surface area contributed by atoms with Gasteiger partial charge in [-0.15, -0.1) is 0 Å². The van der Waals surface area contributed by atoms with Crippen molar-refractivity contribution in [2.24, 2.45) is 5.92 Å². The molecule has 0 unspecified atom stereocenters. The second-order valence-corrected chi connectivity index (χ2v) is 6.70. The molecule has 0 atom stereocenters. The highest BCUT2D eigenvalue weighted by atomic mass is 35.5. The lowest BCUT2D eigenvalue weighted by Gasteiger charge is -2.31. The number of carbonyl (C=O) groups excluding carboxylic acids is 1. The van der Waals surface area contributed by atoms with Crippen molar-refractivity contribution in [3.8, 4) is 5.75 Å². The molecule has 2 N–H and O–H groups in total. The van der Waals surface area contributed by atoms with E-state index in [1.54, 1.807) is 12.1 Å². The molecule has 5 nitrogen and oxygen atoms in total. The van der Waals surface area contributed by atoms with Crippen LogP contribution in [-0.4, -0.2) is 57.2 Å². The lowest BCUT2D eigenvalue weighted by atomic mass is 9.93. The van der Waals surface area contributed by atoms with Crippen molar-refractivity contribution in [2.75, 3.05) is 46.4 Å². The molecular weight excluding hydrogens is 326 g/mol. The van der Waals surface area contributed by atoms with Crippen molar-refractivity contribution >= 4 is 17.5 Å². The summed E-state index contributed by atoms with van der Waals surface area (Å²) in [4.78, 5) is 14.2. The summed E-state index contributed by atoms with van der Waals surface area (Å²) in [6.07, 6.45) is 3.61. The van der Waals surface area contributed by atoms with E-state index in [4.69, 9.17) is 16.3 Å². The minimum Gasteiger partial charge on any atom is -0.492 e. The predicted molar refractivity (Wildman–Crippen MR) is 97.7 cm³/mol. The van der Waals surface area contributed by atoms with Crippen LogP contribution in [0.15, 0.2) is 24.3 Å². The van der Waals surface area contributed by atoms with Gasteiger partial charge in [0.05, 0.1) is 13.1 Å². The number of benzene rings is 1. The minimum atomic E-state index is 0.0726. The fourth-order valence-corrected chi connectivity index (χ4v) is 3.06. The molecule has 6 heteroatoms. The molecule has 0 aliphatic carbocycles. The highest BCUT2D eigenvalue weighted by molar-refractivity contribution is 6.30. The topological polar surface area (TPSA) is 53.6 Å². The molecule has 1 aliphatic rings. The van der Waals surface area contributed by atoms with Crippen molar-refractivity contribution in [3.05, 3.63) is 29.3 Å². The van der Waals surface area contributed by atoms with Gasteiger partial charge < -0.3 is 15.4 Å². The Morgan fingerprint density at radius 2 is 1.96 bits per heavy atom. The van der Waals surface area contributed by atoms with E-state index in [0.29, 0.717) is 24.7 Å². The standard InChI is InChI=1S/C18H28ClN3O2/c1-20-9-6-15-7-11-22(12-8-15)14-18(23)21-10-13-24-17-4-2-16(19)3-5-17/h2-5,15,20H,6-14H2,1H3,(H,21,23). The molecule has 1 heterocycles. The number of amides is 1. The molecule has 0 aromatic heterocycles. The number of hydrogen-bond donors (Lipinski definition) is 2. The summed E-state index contributed by atoms with van der Waals surface area (Å²) in [5, 5.41) is 6.81. The number of carbonyl (C=O) groups is 1. The van der Waals surface area contributed by atoms with E-state index in [1.165, 1.54) is 19.3 Å². The first-order valence-electron chi connectivity index (χ1n) is 8.69. The molecule has 24 heavy (non-hydrogen) atoms. The number of rotatable bonds is 9. The maximum atomic E-state index is 12.0. The molecule has 1 saturated heterocycles. The van der Waals surface area contributed by atoms with Crippen LogP contribution in [0.4, 0.5) is 0 Å². The fourth-order valence-electron chi connectivity index (χ4n) is 2.93. The quantitative estimate of drug-likeness (QED) is 0.668. The summed E-state index contributed by atoms with van der Waals surface area (Å²) in [6, 6.07) is 7.22. The van der Waals surface area contributed by atoms with Crippen molar-refractivity contribution in [1.82, 2.24) is 15.5 Å². The summed E-state index contributed by atoms with van der Waals surface area (Å²) >= 11 is 5.82. The summed E-state index contributed by atoms with van der Waals surface area (Å²) < 4.78 is 5.56. The van der Waals surface area contributed by atoms with Crippen LogP contribution in [0.25, 0.3) is 0 Å². The molecule has 0 radical (unpaired) electrons. The highest BCUT2D eigenvalue weighted by Crippen LogP contribution is 2.19. The van der Waals surface area contributed by atoms with Gasteiger partial charge in [-0.2, -0.15) is 0 Å². The third-order valence-corrected chi connectivity index (χ3v) is 4.64. The van der Waals surface area contributed by atoms with E-state index in [9.17, 15) is 4.79 Å². The summed E-state index contributed by atoms with van der Waals surface area (Å²) in [7, 11) is 2.00. The molecule has 1 fully saturated rings. The van der Waals surface area contributed by atoms with Gasteiger partial charge in [0, 0.05) is 5.02 Å². The van der Waals surface area contributed by atoms with Crippen molar-refractivity contribution in [1.29, 1.82) is 0 Å². The molecule has 2 rings (SSSR count). The van der Waals surface area contributed by atoms with Crippen LogP contribution >= 0.6 is 11.6 Å². The number of nitrogens with zero attached hydrogens (tertiary/aromatic N) is 1. The van der Waals surface area contributed by atoms with Crippen LogP contribution < -0.4 is 15.4 Å². The van der Waals surface area contributed by atoms with Gasteiger partial charge in [0.25, 0.3) is 0 Å². The number of halogens is 1. The second-order valence-electron chi connectivity index (χ2n) is 6.26. The predicted octanol–water partition coefficient (Wildman–Crippen LogP) is 2.16. The monoisotopic (exact) mass is 353 g/mol. The largest absolute Gasteiger partial charge is 0.492 e. The Kier molecular flexibility index (Phi) is 8.36. The Bertz CT molecular complexity index is 488. The van der Waals surface area contributed by atoms with Crippen molar-refractivity contribution in [3.63, 3.8) is 0 Å². The smallest absolute Gasteiger partial charge is 0.234 e. The molecule has 1 amide bonds. The number of nitrogens with one attached hydrogen (secondary N) is 2. The molecule has 0 spiro atoms. The van der Waals surface area contributed by atoms with E-state index >= 15 is 0 Å². The first-order valence-corrected chi connectivity index (χ1v) is 9.07. The van der Waals surface area contributed by atoms with Crippen LogP contribution in [0.3, 0.4) is 0 Å². The van der Waals surface area contributed by atoms with Gasteiger partial charge in [-0.1, -0.05) is 11.6 Å². The van der Waals surface area contributed by atoms with Crippen LogP contribution in [0, 0.1) is 5.92 Å². The van der Waals surface area contributed by atoms with Gasteiger partial charge in [-0.25, -0.2) is 0 Å². The second kappa shape index (κ2) is 10.5. The Labute approximate surface area is 149 Å². The number of piperidine rings is 1. The Morgan fingerprint density at radius 1 is 1.25 bits per heavy atom. The van der Waals surface area contributed by atoms with Crippen molar-refractivity contribution < 1.29 is 9.53 Å². The van der Waals surface area contributed by atoms with Crippen molar-refractivity contribution in [2.45, 2.75) is 19.3 Å². The third-order valence-electron chi connectivity index (χ3n) is 4.38. The third kappa shape index (κ3) is 7.07. The van der Waals surface area contributed by atoms with Gasteiger partial charge in [-0.3, -0.25) is 9.69 Å². The van der Waals surface area contributed by atoms with E-state index < -0.39 is 0 Å². The van der Waals surface area contributed by atoms with Crippen LogP contribution in [0.1, 0.15) is 19.3 Å². The zero-order valence-electron chi connectivity index (χ0n) is 14.4. The van der Waals surface area contributed by atoms with Crippen LogP contribution in [0.2, 0.25) is 5.02 Å². The maximum Gasteiger partial charge on any atom is 0.234 e. The van der Waals surface area contributed by atoms with E-state index in [0.717, 1.165) is 31.3 Å². The van der Waals surface area contributed by atoms with Gasteiger partial charge in [0.1, 0.15) is 12.4 Å². The van der Waals surface area contributed by atoms with Gasteiger partial charge in [-0.05, 0) is 76.1 Å². The van der Waals surface area contributed by atoms with Crippen LogP contribution in [-0.2, 0) is 4.79 Å². The lowest BCUT2D eigenvalue weighted by molar-refractivity contribution is -0.122. The highest BCUT2D eigenvalue weighted by Gasteiger charge is 2.20. The molecule has 0 bridgehead atoms. The molecule has 0 saturated carbocycles. The van der Waals surface area contributed by atoms with Gasteiger partial charge in [0.15, 0.2) is 0 Å². The lowest BCUT2D eigenvalue weighted by Crippen LogP contribution is -2.42. The van der Waals surface area contributed by atoms with E-state index in [-0.39, 0.29) is 5.91 Å². The van der Waals surface area contributed by atoms with E-state index in [2.05, 4.69) is 15.5 Å². The fraction of sp³-hybridized carbons (Fsp3) is 0.611. The minimum absolute atomic E-state index is 0.0726. The van der Waals surface area contributed by atoms with E-state index in [1.807, 2.05) is 19.2 Å². The Balaban J connectivity index is 1.54. The first-order chi connectivity index (χ1) is 11.7. The van der Waals surface area contributed by atoms with Gasteiger partial charge >= 0.3 is 0 Å². The molecule has 134 valence electrons. The molecule has 1 aromatic rings.